The average Bonchev–Trinajstić information content (AvgIpc) is 3.14. The summed E-state index contributed by atoms with van der Waals surface area (Å²) in [6.45, 7) is 3.31. The summed E-state index contributed by atoms with van der Waals surface area (Å²) in [7, 11) is 2.10. The highest BCUT2D eigenvalue weighted by atomic mass is 19.1. The summed E-state index contributed by atoms with van der Waals surface area (Å²) in [5.41, 5.74) is 0.771. The van der Waals surface area contributed by atoms with Crippen molar-refractivity contribution in [3.63, 3.8) is 0 Å². The topological polar surface area (TPSA) is 45.4 Å². The highest BCUT2D eigenvalue weighted by molar-refractivity contribution is 5.17. The van der Waals surface area contributed by atoms with Gasteiger partial charge in [-0.3, -0.25) is 9.80 Å². The van der Waals surface area contributed by atoms with Crippen LogP contribution in [0.25, 0.3) is 0 Å². The van der Waals surface area contributed by atoms with Crippen molar-refractivity contribution in [1.82, 2.24) is 19.9 Å². The van der Waals surface area contributed by atoms with Gasteiger partial charge in [-0.25, -0.2) is 4.39 Å². The summed E-state index contributed by atoms with van der Waals surface area (Å²) in [4.78, 5) is 9.09. The van der Waals surface area contributed by atoms with E-state index in [0.717, 1.165) is 36.8 Å². The maximum atomic E-state index is 13.8. The predicted octanol–water partition coefficient (Wildman–Crippen LogP) is 2.79. The maximum Gasteiger partial charge on any atom is 0.229 e. The molecule has 5 nitrogen and oxygen atoms in total. The minimum Gasteiger partial charge on any atom is -0.339 e. The molecule has 1 saturated heterocycles. The number of aromatic nitrogens is 2. The second kappa shape index (κ2) is 6.61. The molecule has 1 aromatic carbocycles. The van der Waals surface area contributed by atoms with Gasteiger partial charge in [0.2, 0.25) is 5.89 Å². The Morgan fingerprint density at radius 1 is 1.29 bits per heavy atom. The zero-order valence-corrected chi connectivity index (χ0v) is 14.0. The van der Waals surface area contributed by atoms with Crippen molar-refractivity contribution in [3.05, 3.63) is 47.4 Å². The Bertz CT molecular complexity index is 700. The van der Waals surface area contributed by atoms with Crippen LogP contribution in [-0.2, 0) is 13.1 Å². The predicted molar refractivity (Wildman–Crippen MR) is 87.8 cm³/mol. The number of halogens is 1. The van der Waals surface area contributed by atoms with Gasteiger partial charge in [0.15, 0.2) is 5.82 Å². The zero-order chi connectivity index (χ0) is 16.5. The van der Waals surface area contributed by atoms with E-state index in [-0.39, 0.29) is 5.82 Å². The van der Waals surface area contributed by atoms with Gasteiger partial charge >= 0.3 is 0 Å². The van der Waals surface area contributed by atoms with E-state index in [1.54, 1.807) is 6.07 Å². The van der Waals surface area contributed by atoms with Crippen LogP contribution in [-0.4, -0.2) is 46.1 Å². The van der Waals surface area contributed by atoms with Crippen molar-refractivity contribution in [3.8, 4) is 0 Å². The second-order valence-corrected chi connectivity index (χ2v) is 7.01. The minimum absolute atomic E-state index is 0.117. The molecule has 24 heavy (non-hydrogen) atoms. The first-order chi connectivity index (χ1) is 11.7. The lowest BCUT2D eigenvalue weighted by Crippen LogP contribution is -2.34. The van der Waals surface area contributed by atoms with Crippen LogP contribution >= 0.6 is 0 Å². The van der Waals surface area contributed by atoms with E-state index < -0.39 is 0 Å². The third-order valence-electron chi connectivity index (χ3n) is 5.02. The molecule has 1 aromatic heterocycles. The molecule has 2 fully saturated rings. The Morgan fingerprint density at radius 2 is 2.12 bits per heavy atom. The van der Waals surface area contributed by atoms with E-state index in [1.807, 2.05) is 12.1 Å². The molecule has 2 heterocycles. The number of nitrogens with zero attached hydrogens (tertiary/aromatic N) is 4. The fourth-order valence-electron chi connectivity index (χ4n) is 3.36. The molecule has 128 valence electrons. The molecule has 1 aliphatic carbocycles. The average molecular weight is 330 g/mol. The third-order valence-corrected chi connectivity index (χ3v) is 5.02. The lowest BCUT2D eigenvalue weighted by atomic mass is 10.2. The van der Waals surface area contributed by atoms with E-state index in [1.165, 1.54) is 18.9 Å². The fourth-order valence-corrected chi connectivity index (χ4v) is 3.36. The molecule has 0 amide bonds. The minimum atomic E-state index is -0.117. The van der Waals surface area contributed by atoms with E-state index in [2.05, 4.69) is 27.0 Å². The smallest absolute Gasteiger partial charge is 0.229 e. The molecule has 6 heteroatoms. The van der Waals surface area contributed by atoms with Gasteiger partial charge in [-0.05, 0) is 32.4 Å². The van der Waals surface area contributed by atoms with Gasteiger partial charge in [-0.1, -0.05) is 23.4 Å². The van der Waals surface area contributed by atoms with Crippen LogP contribution in [0.2, 0.25) is 0 Å². The number of benzene rings is 1. The van der Waals surface area contributed by atoms with E-state index in [0.29, 0.717) is 25.0 Å². The molecule has 0 radical (unpaired) electrons. The molecule has 0 bridgehead atoms. The Morgan fingerprint density at radius 3 is 2.92 bits per heavy atom. The van der Waals surface area contributed by atoms with Crippen molar-refractivity contribution < 1.29 is 8.91 Å². The van der Waals surface area contributed by atoms with Gasteiger partial charge in [0.25, 0.3) is 0 Å². The SMILES string of the molecule is CN(Cc1noc(C2CC2)n1)C1CCN(Cc2ccccc2F)C1. The van der Waals surface area contributed by atoms with Crippen LogP contribution in [0.15, 0.2) is 28.8 Å². The largest absolute Gasteiger partial charge is 0.339 e. The fraction of sp³-hybridized carbons (Fsp3) is 0.556. The summed E-state index contributed by atoms with van der Waals surface area (Å²) >= 11 is 0. The third kappa shape index (κ3) is 3.49. The van der Waals surface area contributed by atoms with E-state index >= 15 is 0 Å². The van der Waals surface area contributed by atoms with E-state index in [4.69, 9.17) is 4.52 Å². The summed E-state index contributed by atoms with van der Waals surface area (Å²) in [6.07, 6.45) is 3.43. The number of likely N-dealkylation sites (tertiary alicyclic amines) is 1. The van der Waals surface area contributed by atoms with Crippen LogP contribution in [0.4, 0.5) is 4.39 Å². The Balaban J connectivity index is 1.31. The number of hydrogen-bond acceptors (Lipinski definition) is 5. The lowest BCUT2D eigenvalue weighted by Gasteiger charge is -2.23. The first kappa shape index (κ1) is 15.7. The van der Waals surface area contributed by atoms with Crippen LogP contribution < -0.4 is 0 Å². The lowest BCUT2D eigenvalue weighted by molar-refractivity contribution is 0.215. The molecule has 2 aliphatic rings. The zero-order valence-electron chi connectivity index (χ0n) is 14.0. The van der Waals surface area contributed by atoms with Crippen molar-refractivity contribution in [2.45, 2.75) is 44.3 Å². The van der Waals surface area contributed by atoms with Crippen LogP contribution in [0.5, 0.6) is 0 Å². The van der Waals surface area contributed by atoms with Crippen molar-refractivity contribution in [2.75, 3.05) is 20.1 Å². The standard InChI is InChI=1S/C18H23FN4O/c1-22(12-17-20-18(24-21-17)13-6-7-13)15-8-9-23(11-15)10-14-4-2-3-5-16(14)19/h2-5,13,15H,6-12H2,1H3. The van der Waals surface area contributed by atoms with Gasteiger partial charge in [-0.2, -0.15) is 4.98 Å². The summed E-state index contributed by atoms with van der Waals surface area (Å²) in [6, 6.07) is 7.47. The van der Waals surface area contributed by atoms with Crippen molar-refractivity contribution in [1.29, 1.82) is 0 Å². The van der Waals surface area contributed by atoms with Crippen molar-refractivity contribution >= 4 is 0 Å². The molecule has 1 unspecified atom stereocenters. The summed E-state index contributed by atoms with van der Waals surface area (Å²) in [5.74, 6) is 1.95. The molecule has 4 rings (SSSR count). The molecule has 1 saturated carbocycles. The Kier molecular flexibility index (Phi) is 4.33. The van der Waals surface area contributed by atoms with Gasteiger partial charge in [0, 0.05) is 37.2 Å². The highest BCUT2D eigenvalue weighted by Gasteiger charge is 2.31. The first-order valence-corrected chi connectivity index (χ1v) is 8.67. The van der Waals surface area contributed by atoms with Gasteiger partial charge < -0.3 is 4.52 Å². The molecule has 0 N–H and O–H groups in total. The van der Waals surface area contributed by atoms with Crippen LogP contribution in [0.3, 0.4) is 0 Å². The molecule has 2 aromatic rings. The van der Waals surface area contributed by atoms with E-state index in [9.17, 15) is 4.39 Å². The monoisotopic (exact) mass is 330 g/mol. The number of hydrogen-bond donors (Lipinski definition) is 0. The molecular weight excluding hydrogens is 307 g/mol. The van der Waals surface area contributed by atoms with Crippen LogP contribution in [0.1, 0.15) is 42.5 Å². The van der Waals surface area contributed by atoms with Crippen LogP contribution in [0, 0.1) is 5.82 Å². The van der Waals surface area contributed by atoms with Gasteiger partial charge in [0.05, 0.1) is 6.54 Å². The van der Waals surface area contributed by atoms with Crippen molar-refractivity contribution in [2.24, 2.45) is 0 Å². The summed E-state index contributed by atoms with van der Waals surface area (Å²) in [5, 5.41) is 4.10. The molecule has 1 atom stereocenters. The van der Waals surface area contributed by atoms with Gasteiger partial charge in [-0.15, -0.1) is 0 Å². The highest BCUT2D eigenvalue weighted by Crippen LogP contribution is 2.38. The number of rotatable bonds is 6. The molecule has 1 aliphatic heterocycles. The quantitative estimate of drug-likeness (QED) is 0.815. The molecular formula is C18H23FN4O. The Labute approximate surface area is 141 Å². The number of likely N-dealkylation sites (N-methyl/N-ethyl adjacent to an activating group) is 1. The van der Waals surface area contributed by atoms with Gasteiger partial charge in [0.1, 0.15) is 5.82 Å². The Hall–Kier alpha value is -1.79. The maximum absolute atomic E-state index is 13.8. The molecule has 0 spiro atoms. The normalized spacial score (nSPS) is 21.7. The first-order valence-electron chi connectivity index (χ1n) is 8.67. The second-order valence-electron chi connectivity index (χ2n) is 7.01. The summed E-state index contributed by atoms with van der Waals surface area (Å²) < 4.78 is 19.1.